The lowest BCUT2D eigenvalue weighted by atomic mass is 10.1. The predicted molar refractivity (Wildman–Crippen MR) is 95.1 cm³/mol. The first kappa shape index (κ1) is 16.5. The molecule has 0 amide bonds. The van der Waals surface area contributed by atoms with Gasteiger partial charge in [-0.15, -0.1) is 0 Å². The van der Waals surface area contributed by atoms with Crippen LogP contribution in [0.15, 0.2) is 24.7 Å². The molecule has 2 saturated heterocycles. The van der Waals surface area contributed by atoms with Crippen LogP contribution in [-0.4, -0.2) is 48.5 Å². The average molecular weight is 343 g/mol. The highest BCUT2D eigenvalue weighted by atomic mass is 16.5. The van der Waals surface area contributed by atoms with Gasteiger partial charge in [-0.25, -0.2) is 9.97 Å². The van der Waals surface area contributed by atoms with Gasteiger partial charge in [-0.2, -0.15) is 0 Å². The van der Waals surface area contributed by atoms with Gasteiger partial charge in [0.2, 0.25) is 0 Å². The van der Waals surface area contributed by atoms with E-state index in [4.69, 9.17) is 14.2 Å². The highest BCUT2D eigenvalue weighted by Gasteiger charge is 2.18. The Morgan fingerprint density at radius 3 is 2.96 bits per heavy atom. The first-order valence-corrected chi connectivity index (χ1v) is 9.23. The number of hydrogen-bond acceptors (Lipinski definition) is 6. The minimum atomic E-state index is 0.176. The molecule has 2 aliphatic heterocycles. The number of hydrogen-bond donors (Lipinski definition) is 1. The molecule has 134 valence electrons. The van der Waals surface area contributed by atoms with Crippen LogP contribution >= 0.6 is 0 Å². The molecule has 25 heavy (non-hydrogen) atoms. The zero-order valence-electron chi connectivity index (χ0n) is 14.4. The molecule has 1 atom stereocenters. The molecule has 6 nitrogen and oxygen atoms in total. The third-order valence-electron chi connectivity index (χ3n) is 4.92. The maximum Gasteiger partial charge on any atom is 0.134 e. The summed E-state index contributed by atoms with van der Waals surface area (Å²) in [5.41, 5.74) is 0.855. The Kier molecular flexibility index (Phi) is 5.28. The molecule has 0 spiro atoms. The van der Waals surface area contributed by atoms with E-state index in [-0.39, 0.29) is 6.10 Å². The van der Waals surface area contributed by atoms with E-state index in [1.165, 1.54) is 12.8 Å². The van der Waals surface area contributed by atoms with E-state index in [9.17, 15) is 0 Å². The highest BCUT2D eigenvalue weighted by Crippen LogP contribution is 2.31. The quantitative estimate of drug-likeness (QED) is 0.870. The summed E-state index contributed by atoms with van der Waals surface area (Å²) in [4.78, 5) is 8.52. The van der Waals surface area contributed by atoms with E-state index >= 15 is 0 Å². The molecule has 0 bridgehead atoms. The van der Waals surface area contributed by atoms with Gasteiger partial charge in [-0.1, -0.05) is 0 Å². The summed E-state index contributed by atoms with van der Waals surface area (Å²) < 4.78 is 17.7. The molecule has 1 unspecified atom stereocenters. The summed E-state index contributed by atoms with van der Waals surface area (Å²) in [6, 6.07) is 4.53. The SMILES string of the molecule is c1ncc2c(OC3CCOCC3)cc(OCCC3CCCN3)cc2n1. The number of aromatic nitrogens is 2. The number of nitrogens with zero attached hydrogens (tertiary/aromatic N) is 2. The lowest BCUT2D eigenvalue weighted by Gasteiger charge is -2.24. The molecule has 0 radical (unpaired) electrons. The van der Waals surface area contributed by atoms with Crippen molar-refractivity contribution in [3.05, 3.63) is 24.7 Å². The second kappa shape index (κ2) is 7.97. The zero-order valence-corrected chi connectivity index (χ0v) is 14.4. The van der Waals surface area contributed by atoms with E-state index in [0.717, 1.165) is 61.4 Å². The minimum Gasteiger partial charge on any atom is -0.493 e. The minimum absolute atomic E-state index is 0.176. The standard InChI is InChI=1S/C19H25N3O3/c1-2-14(21-6-1)3-9-24-16-10-18-17(12-20-13-22-18)19(11-16)25-15-4-7-23-8-5-15/h10-15,21H,1-9H2. The summed E-state index contributed by atoms with van der Waals surface area (Å²) in [5.74, 6) is 1.62. The van der Waals surface area contributed by atoms with Crippen LogP contribution in [0.1, 0.15) is 32.1 Å². The fraction of sp³-hybridized carbons (Fsp3) is 0.579. The maximum absolute atomic E-state index is 6.24. The summed E-state index contributed by atoms with van der Waals surface area (Å²) in [6.45, 7) is 3.33. The van der Waals surface area contributed by atoms with E-state index in [2.05, 4.69) is 15.3 Å². The molecule has 1 aromatic heterocycles. The molecular formula is C19H25N3O3. The Balaban J connectivity index is 1.48. The van der Waals surface area contributed by atoms with E-state index < -0.39 is 0 Å². The topological polar surface area (TPSA) is 65.5 Å². The van der Waals surface area contributed by atoms with Gasteiger partial charge in [-0.05, 0) is 25.8 Å². The fourth-order valence-corrected chi connectivity index (χ4v) is 3.50. The van der Waals surface area contributed by atoms with Gasteiger partial charge in [0.15, 0.2) is 0 Å². The first-order chi connectivity index (χ1) is 12.4. The fourth-order valence-electron chi connectivity index (χ4n) is 3.50. The van der Waals surface area contributed by atoms with Crippen molar-refractivity contribution in [2.45, 2.75) is 44.2 Å². The van der Waals surface area contributed by atoms with Crippen LogP contribution in [-0.2, 0) is 4.74 Å². The van der Waals surface area contributed by atoms with Crippen LogP contribution in [0.2, 0.25) is 0 Å². The summed E-state index contributed by atoms with van der Waals surface area (Å²) >= 11 is 0. The Morgan fingerprint density at radius 1 is 1.20 bits per heavy atom. The van der Waals surface area contributed by atoms with Gasteiger partial charge in [0.25, 0.3) is 0 Å². The van der Waals surface area contributed by atoms with Crippen LogP contribution in [0.25, 0.3) is 10.9 Å². The predicted octanol–water partition coefficient (Wildman–Crippen LogP) is 2.71. The van der Waals surface area contributed by atoms with Crippen molar-refractivity contribution in [3.63, 3.8) is 0 Å². The van der Waals surface area contributed by atoms with Crippen molar-refractivity contribution in [3.8, 4) is 11.5 Å². The normalized spacial score (nSPS) is 21.5. The zero-order chi connectivity index (χ0) is 16.9. The van der Waals surface area contributed by atoms with E-state index in [1.54, 1.807) is 6.33 Å². The van der Waals surface area contributed by atoms with Gasteiger partial charge in [0, 0.05) is 37.2 Å². The smallest absolute Gasteiger partial charge is 0.134 e. The molecule has 2 aromatic rings. The largest absolute Gasteiger partial charge is 0.493 e. The molecule has 4 rings (SSSR count). The van der Waals surface area contributed by atoms with Crippen molar-refractivity contribution in [2.75, 3.05) is 26.4 Å². The highest BCUT2D eigenvalue weighted by molar-refractivity contribution is 5.85. The van der Waals surface area contributed by atoms with E-state index in [1.807, 2.05) is 18.3 Å². The summed E-state index contributed by atoms with van der Waals surface area (Å²) in [7, 11) is 0. The van der Waals surface area contributed by atoms with Crippen molar-refractivity contribution in [2.24, 2.45) is 0 Å². The lowest BCUT2D eigenvalue weighted by molar-refractivity contribution is 0.0261. The molecular weight excluding hydrogens is 318 g/mol. The van der Waals surface area contributed by atoms with Gasteiger partial charge >= 0.3 is 0 Å². The summed E-state index contributed by atoms with van der Waals surface area (Å²) in [5, 5.41) is 4.43. The molecule has 1 aromatic carbocycles. The first-order valence-electron chi connectivity index (χ1n) is 9.23. The second-order valence-electron chi connectivity index (χ2n) is 6.74. The van der Waals surface area contributed by atoms with Gasteiger partial charge in [0.1, 0.15) is 23.9 Å². The third-order valence-corrected chi connectivity index (χ3v) is 4.92. The van der Waals surface area contributed by atoms with Crippen molar-refractivity contribution in [1.29, 1.82) is 0 Å². The van der Waals surface area contributed by atoms with Gasteiger partial charge in [0.05, 0.1) is 30.7 Å². The summed E-state index contributed by atoms with van der Waals surface area (Å²) in [6.07, 6.45) is 8.90. The van der Waals surface area contributed by atoms with E-state index in [0.29, 0.717) is 12.6 Å². The van der Waals surface area contributed by atoms with Crippen LogP contribution < -0.4 is 14.8 Å². The molecule has 1 N–H and O–H groups in total. The van der Waals surface area contributed by atoms with Crippen molar-refractivity contribution < 1.29 is 14.2 Å². The monoisotopic (exact) mass is 343 g/mol. The third kappa shape index (κ3) is 4.19. The van der Waals surface area contributed by atoms with Crippen LogP contribution in [0.3, 0.4) is 0 Å². The number of fused-ring (bicyclic) bond motifs is 1. The number of nitrogens with one attached hydrogen (secondary N) is 1. The number of ether oxygens (including phenoxy) is 3. The molecule has 0 saturated carbocycles. The van der Waals surface area contributed by atoms with Crippen LogP contribution in [0.4, 0.5) is 0 Å². The molecule has 2 fully saturated rings. The Labute approximate surface area is 147 Å². The van der Waals surface area contributed by atoms with Crippen molar-refractivity contribution in [1.82, 2.24) is 15.3 Å². The molecule has 2 aliphatic rings. The molecule has 6 heteroatoms. The maximum atomic E-state index is 6.24. The Hall–Kier alpha value is -1.92. The van der Waals surface area contributed by atoms with Crippen LogP contribution in [0, 0.1) is 0 Å². The molecule has 3 heterocycles. The second-order valence-corrected chi connectivity index (χ2v) is 6.74. The van der Waals surface area contributed by atoms with Crippen molar-refractivity contribution >= 4 is 10.9 Å². The molecule has 0 aliphatic carbocycles. The van der Waals surface area contributed by atoms with Crippen LogP contribution in [0.5, 0.6) is 11.5 Å². The van der Waals surface area contributed by atoms with Gasteiger partial charge in [-0.3, -0.25) is 0 Å². The van der Waals surface area contributed by atoms with Gasteiger partial charge < -0.3 is 19.5 Å². The Morgan fingerprint density at radius 2 is 2.12 bits per heavy atom. The lowest BCUT2D eigenvalue weighted by Crippen LogP contribution is -2.26. The average Bonchev–Trinajstić information content (AvgIpc) is 3.16. The number of benzene rings is 1. The number of rotatable bonds is 6. The Bertz CT molecular complexity index is 697.